The van der Waals surface area contributed by atoms with Crippen LogP contribution in [0.25, 0.3) is 0 Å². The highest BCUT2D eigenvalue weighted by Crippen LogP contribution is 2.44. The number of anilines is 2. The minimum absolute atomic E-state index is 0. The van der Waals surface area contributed by atoms with Gasteiger partial charge in [0.25, 0.3) is 0 Å². The largest absolute Gasteiger partial charge is 0.506 e. The van der Waals surface area contributed by atoms with Crippen molar-refractivity contribution in [1.29, 1.82) is 0 Å². The molecule has 1 aliphatic heterocycles. The van der Waals surface area contributed by atoms with Gasteiger partial charge in [-0.25, -0.2) is 4.21 Å². The third-order valence-corrected chi connectivity index (χ3v) is 7.94. The number of nitrogens with zero attached hydrogens (tertiary/aromatic N) is 2. The van der Waals surface area contributed by atoms with Crippen molar-refractivity contribution in [2.75, 3.05) is 25.0 Å². The molecule has 1 heterocycles. The summed E-state index contributed by atoms with van der Waals surface area (Å²) in [7, 11) is 0.828. The second-order valence-corrected chi connectivity index (χ2v) is 10.5. The number of phenols is 1. The van der Waals surface area contributed by atoms with Crippen LogP contribution < -0.4 is 4.90 Å². The van der Waals surface area contributed by atoms with Crippen LogP contribution in [0.5, 0.6) is 5.75 Å². The highest BCUT2D eigenvalue weighted by Gasteiger charge is 2.29. The van der Waals surface area contributed by atoms with Gasteiger partial charge in [-0.2, -0.15) is 0 Å². The first kappa shape index (κ1) is 25.6. The van der Waals surface area contributed by atoms with Crippen molar-refractivity contribution in [3.63, 3.8) is 0 Å². The van der Waals surface area contributed by atoms with E-state index in [9.17, 15) is 9.32 Å². The second kappa shape index (κ2) is 10.5. The summed E-state index contributed by atoms with van der Waals surface area (Å²) in [6.07, 6.45) is 0.888. The van der Waals surface area contributed by atoms with Crippen LogP contribution in [0.15, 0.2) is 58.3 Å². The molecular formula is C26H30Cl2N2O2S. The lowest BCUT2D eigenvalue weighted by Gasteiger charge is -2.35. The number of para-hydroxylation sites is 1. The van der Waals surface area contributed by atoms with Crippen molar-refractivity contribution in [2.45, 2.75) is 44.0 Å². The highest BCUT2D eigenvalue weighted by atomic mass is 35.5. The SMILES string of the molecule is C.Cc1ccc2c(c1C)N(CCCN(C)Cc1cc(Cl)cc(Cl)c1O)c1ccccc1S2=O. The van der Waals surface area contributed by atoms with Crippen molar-refractivity contribution in [3.8, 4) is 5.75 Å². The average molecular weight is 506 g/mol. The average Bonchev–Trinajstić information content (AvgIpc) is 2.76. The van der Waals surface area contributed by atoms with E-state index in [0.29, 0.717) is 17.1 Å². The molecule has 0 bridgehead atoms. The zero-order chi connectivity index (χ0) is 23.0. The summed E-state index contributed by atoms with van der Waals surface area (Å²) in [6.45, 7) is 6.34. The summed E-state index contributed by atoms with van der Waals surface area (Å²) in [5.41, 5.74) is 5.13. The topological polar surface area (TPSA) is 43.8 Å². The van der Waals surface area contributed by atoms with Gasteiger partial charge < -0.3 is 14.9 Å². The number of benzene rings is 3. The molecule has 3 aromatic rings. The lowest BCUT2D eigenvalue weighted by atomic mass is 10.1. The lowest BCUT2D eigenvalue weighted by molar-refractivity contribution is 0.317. The number of hydrogen-bond donors (Lipinski definition) is 1. The predicted molar refractivity (Wildman–Crippen MR) is 140 cm³/mol. The third kappa shape index (κ3) is 5.07. The third-order valence-electron chi connectivity index (χ3n) is 5.96. The van der Waals surface area contributed by atoms with Gasteiger partial charge in [-0.3, -0.25) is 0 Å². The predicted octanol–water partition coefficient (Wildman–Crippen LogP) is 7.09. The van der Waals surface area contributed by atoms with E-state index in [0.717, 1.165) is 46.2 Å². The summed E-state index contributed by atoms with van der Waals surface area (Å²) in [5.74, 6) is 0.0791. The fraction of sp³-hybridized carbons (Fsp3) is 0.308. The molecule has 0 radical (unpaired) electrons. The standard InChI is InChI=1S/C25H26Cl2N2O2S.CH4/c1-16-9-10-23-24(17(16)2)29(21-7-4-5-8-22(21)32(23)31)12-6-11-28(3)15-18-13-19(26)14-20(27)25(18)30;/h4-5,7-10,13-14,30H,6,11-12,15H2,1-3H3;1H4. The first-order valence-electron chi connectivity index (χ1n) is 10.5. The Hall–Kier alpha value is -2.05. The summed E-state index contributed by atoms with van der Waals surface area (Å²) < 4.78 is 13.2. The van der Waals surface area contributed by atoms with E-state index in [2.05, 4.69) is 29.7 Å². The van der Waals surface area contributed by atoms with Crippen LogP contribution >= 0.6 is 23.2 Å². The number of rotatable bonds is 6. The molecule has 3 aromatic carbocycles. The van der Waals surface area contributed by atoms with E-state index in [1.165, 1.54) is 5.56 Å². The minimum atomic E-state index is -1.18. The molecule has 0 amide bonds. The second-order valence-electron chi connectivity index (χ2n) is 8.23. The molecule has 0 aliphatic carbocycles. The smallest absolute Gasteiger partial charge is 0.138 e. The van der Waals surface area contributed by atoms with E-state index >= 15 is 0 Å². The van der Waals surface area contributed by atoms with Gasteiger partial charge in [-0.05, 0) is 75.3 Å². The Balaban J connectivity index is 0.00000306. The Labute approximate surface area is 209 Å². The van der Waals surface area contributed by atoms with Gasteiger partial charge in [0.15, 0.2) is 0 Å². The van der Waals surface area contributed by atoms with Gasteiger partial charge in [-0.15, -0.1) is 0 Å². The molecule has 1 unspecified atom stereocenters. The molecule has 1 N–H and O–H groups in total. The maximum absolute atomic E-state index is 13.2. The zero-order valence-electron chi connectivity index (χ0n) is 18.4. The maximum atomic E-state index is 13.2. The number of aryl methyl sites for hydroxylation is 1. The van der Waals surface area contributed by atoms with Crippen molar-refractivity contribution in [1.82, 2.24) is 4.90 Å². The van der Waals surface area contributed by atoms with Gasteiger partial charge >= 0.3 is 0 Å². The van der Waals surface area contributed by atoms with Gasteiger partial charge in [0.05, 0.1) is 37.0 Å². The van der Waals surface area contributed by atoms with Crippen LogP contribution in [0, 0.1) is 13.8 Å². The maximum Gasteiger partial charge on any atom is 0.138 e. The van der Waals surface area contributed by atoms with Gasteiger partial charge in [0.1, 0.15) is 5.75 Å². The summed E-state index contributed by atoms with van der Waals surface area (Å²) in [5, 5.41) is 11.0. The van der Waals surface area contributed by atoms with E-state index in [1.807, 2.05) is 37.4 Å². The fourth-order valence-corrected chi connectivity index (χ4v) is 6.15. The summed E-state index contributed by atoms with van der Waals surface area (Å²) in [6, 6.07) is 15.3. The monoisotopic (exact) mass is 504 g/mol. The number of hydrogen-bond acceptors (Lipinski definition) is 4. The lowest BCUT2D eigenvalue weighted by Crippen LogP contribution is -2.29. The normalized spacial score (nSPS) is 14.6. The number of phenolic OH excluding ortho intramolecular Hbond substituents is 1. The van der Waals surface area contributed by atoms with Crippen LogP contribution in [0.2, 0.25) is 10.0 Å². The summed E-state index contributed by atoms with van der Waals surface area (Å²) in [4.78, 5) is 6.17. The van der Waals surface area contributed by atoms with Crippen molar-refractivity contribution in [2.24, 2.45) is 0 Å². The molecule has 0 fully saturated rings. The van der Waals surface area contributed by atoms with Crippen molar-refractivity contribution in [3.05, 3.63) is 75.3 Å². The number of halogens is 2. The van der Waals surface area contributed by atoms with E-state index < -0.39 is 10.8 Å². The molecule has 4 rings (SSSR count). The van der Waals surface area contributed by atoms with Crippen LogP contribution in [0.4, 0.5) is 11.4 Å². The fourth-order valence-electron chi connectivity index (χ4n) is 4.18. The number of fused-ring (bicyclic) bond motifs is 2. The molecule has 7 heteroatoms. The van der Waals surface area contributed by atoms with Crippen LogP contribution in [0.1, 0.15) is 30.5 Å². The summed E-state index contributed by atoms with van der Waals surface area (Å²) >= 11 is 12.2. The number of aromatic hydroxyl groups is 1. The van der Waals surface area contributed by atoms with E-state index in [1.54, 1.807) is 12.1 Å². The van der Waals surface area contributed by atoms with Gasteiger partial charge in [0, 0.05) is 23.7 Å². The molecular weight excluding hydrogens is 475 g/mol. The Morgan fingerprint density at radius 1 is 1.06 bits per heavy atom. The molecule has 1 atom stereocenters. The molecule has 0 spiro atoms. The van der Waals surface area contributed by atoms with Crippen LogP contribution in [-0.2, 0) is 17.3 Å². The quantitative estimate of drug-likeness (QED) is 0.388. The molecule has 1 aliphatic rings. The molecule has 4 nitrogen and oxygen atoms in total. The molecule has 33 heavy (non-hydrogen) atoms. The van der Waals surface area contributed by atoms with E-state index in [4.69, 9.17) is 23.2 Å². The Morgan fingerprint density at radius 2 is 1.79 bits per heavy atom. The Bertz CT molecular complexity index is 1200. The van der Waals surface area contributed by atoms with Gasteiger partial charge in [-0.1, -0.05) is 48.8 Å². The molecule has 0 saturated carbocycles. The minimum Gasteiger partial charge on any atom is -0.506 e. The first-order chi connectivity index (χ1) is 15.3. The Kier molecular flexibility index (Phi) is 8.12. The molecule has 0 aromatic heterocycles. The van der Waals surface area contributed by atoms with Crippen LogP contribution in [-0.4, -0.2) is 34.4 Å². The first-order valence-corrected chi connectivity index (χ1v) is 12.4. The molecule has 0 saturated heterocycles. The van der Waals surface area contributed by atoms with Crippen molar-refractivity contribution >= 4 is 45.4 Å². The van der Waals surface area contributed by atoms with E-state index in [-0.39, 0.29) is 18.2 Å². The zero-order valence-corrected chi connectivity index (χ0v) is 20.7. The Morgan fingerprint density at radius 3 is 2.55 bits per heavy atom. The molecule has 176 valence electrons. The van der Waals surface area contributed by atoms with Crippen molar-refractivity contribution < 1.29 is 9.32 Å². The van der Waals surface area contributed by atoms with Gasteiger partial charge in [0.2, 0.25) is 0 Å². The van der Waals surface area contributed by atoms with Crippen LogP contribution in [0.3, 0.4) is 0 Å². The highest BCUT2D eigenvalue weighted by molar-refractivity contribution is 7.85.